The largest absolute Gasteiger partial charge is 0.338 e. The van der Waals surface area contributed by atoms with E-state index in [1.807, 2.05) is 0 Å². The fourth-order valence-electron chi connectivity index (χ4n) is 2.86. The third kappa shape index (κ3) is 4.78. The lowest BCUT2D eigenvalue weighted by Crippen LogP contribution is -2.17. The first-order valence-electron chi connectivity index (χ1n) is 7.66. The van der Waals surface area contributed by atoms with Crippen molar-refractivity contribution in [3.63, 3.8) is 0 Å². The van der Waals surface area contributed by atoms with Crippen molar-refractivity contribution in [3.8, 4) is 0 Å². The molecule has 0 aromatic carbocycles. The van der Waals surface area contributed by atoms with Crippen molar-refractivity contribution in [2.75, 3.05) is 12.0 Å². The van der Waals surface area contributed by atoms with E-state index in [1.54, 1.807) is 0 Å². The molecule has 1 atom stereocenters. The van der Waals surface area contributed by atoms with Crippen molar-refractivity contribution in [1.82, 2.24) is 10.1 Å². The molecule has 0 spiro atoms. The molecule has 120 valence electrons. The van der Waals surface area contributed by atoms with Gasteiger partial charge in [0.15, 0.2) is 5.82 Å². The molecule has 2 rings (SSSR count). The molecule has 1 aliphatic rings. The van der Waals surface area contributed by atoms with E-state index in [4.69, 9.17) is 10.3 Å². The van der Waals surface area contributed by atoms with E-state index in [0.29, 0.717) is 18.2 Å². The molecule has 6 nitrogen and oxygen atoms in total. The SMILES string of the molecule is CCC1CCC(c2noc(C(N)CCS(C)(=O)=O)n2)CC1. The van der Waals surface area contributed by atoms with Gasteiger partial charge in [0.2, 0.25) is 5.89 Å². The molecule has 1 aromatic heterocycles. The van der Waals surface area contributed by atoms with E-state index >= 15 is 0 Å². The van der Waals surface area contributed by atoms with Crippen LogP contribution in [-0.2, 0) is 9.84 Å². The van der Waals surface area contributed by atoms with Crippen LogP contribution in [0.5, 0.6) is 0 Å². The highest BCUT2D eigenvalue weighted by molar-refractivity contribution is 7.90. The smallest absolute Gasteiger partial charge is 0.243 e. The van der Waals surface area contributed by atoms with Gasteiger partial charge in [-0.1, -0.05) is 18.5 Å². The third-order valence-electron chi connectivity index (χ3n) is 4.36. The van der Waals surface area contributed by atoms with Crippen LogP contribution in [0.2, 0.25) is 0 Å². The van der Waals surface area contributed by atoms with E-state index in [0.717, 1.165) is 24.6 Å². The highest BCUT2D eigenvalue weighted by Crippen LogP contribution is 2.35. The summed E-state index contributed by atoms with van der Waals surface area (Å²) in [6.07, 6.45) is 7.36. The molecule has 21 heavy (non-hydrogen) atoms. The second-order valence-electron chi connectivity index (χ2n) is 6.14. The minimum Gasteiger partial charge on any atom is -0.338 e. The summed E-state index contributed by atoms with van der Waals surface area (Å²) in [7, 11) is -3.02. The number of aromatic nitrogens is 2. The van der Waals surface area contributed by atoms with Gasteiger partial charge in [-0.3, -0.25) is 0 Å². The maximum Gasteiger partial charge on any atom is 0.243 e. The van der Waals surface area contributed by atoms with Gasteiger partial charge in [0, 0.05) is 12.2 Å². The number of rotatable bonds is 6. The lowest BCUT2D eigenvalue weighted by Gasteiger charge is -2.25. The lowest BCUT2D eigenvalue weighted by molar-refractivity contribution is 0.301. The number of hydrogen-bond donors (Lipinski definition) is 1. The van der Waals surface area contributed by atoms with Crippen molar-refractivity contribution >= 4 is 9.84 Å². The molecule has 1 aliphatic carbocycles. The van der Waals surface area contributed by atoms with Gasteiger partial charge in [-0.15, -0.1) is 0 Å². The van der Waals surface area contributed by atoms with Crippen molar-refractivity contribution < 1.29 is 12.9 Å². The average molecular weight is 315 g/mol. The molecular weight excluding hydrogens is 290 g/mol. The molecule has 1 fully saturated rings. The molecule has 0 aliphatic heterocycles. The molecule has 1 unspecified atom stereocenters. The monoisotopic (exact) mass is 315 g/mol. The normalized spacial score (nSPS) is 24.9. The van der Waals surface area contributed by atoms with Gasteiger partial charge >= 0.3 is 0 Å². The molecule has 1 heterocycles. The Bertz CT molecular complexity index is 548. The Kier molecular flexibility index (Phi) is 5.37. The van der Waals surface area contributed by atoms with Crippen LogP contribution >= 0.6 is 0 Å². The highest BCUT2D eigenvalue weighted by Gasteiger charge is 2.26. The van der Waals surface area contributed by atoms with Gasteiger partial charge in [0.1, 0.15) is 9.84 Å². The molecule has 0 saturated heterocycles. The van der Waals surface area contributed by atoms with Crippen LogP contribution in [0, 0.1) is 5.92 Å². The van der Waals surface area contributed by atoms with E-state index < -0.39 is 15.9 Å². The van der Waals surface area contributed by atoms with Crippen LogP contribution in [0.3, 0.4) is 0 Å². The molecule has 1 aromatic rings. The molecular formula is C14H25N3O3S. The fourth-order valence-corrected chi connectivity index (χ4v) is 3.54. The number of hydrogen-bond acceptors (Lipinski definition) is 6. The summed E-state index contributed by atoms with van der Waals surface area (Å²) < 4.78 is 27.5. The van der Waals surface area contributed by atoms with Crippen LogP contribution in [0.25, 0.3) is 0 Å². The number of sulfone groups is 1. The first-order chi connectivity index (χ1) is 9.89. The van der Waals surface area contributed by atoms with Gasteiger partial charge in [-0.25, -0.2) is 8.42 Å². The summed E-state index contributed by atoms with van der Waals surface area (Å²) in [6.45, 7) is 2.23. The van der Waals surface area contributed by atoms with E-state index in [2.05, 4.69) is 17.1 Å². The minimum atomic E-state index is -3.02. The summed E-state index contributed by atoms with van der Waals surface area (Å²) >= 11 is 0. The maximum atomic E-state index is 11.2. The average Bonchev–Trinajstić information content (AvgIpc) is 2.94. The van der Waals surface area contributed by atoms with Crippen molar-refractivity contribution in [2.24, 2.45) is 11.7 Å². The second kappa shape index (κ2) is 6.87. The Morgan fingerprint density at radius 1 is 1.33 bits per heavy atom. The Balaban J connectivity index is 1.92. The highest BCUT2D eigenvalue weighted by atomic mass is 32.2. The van der Waals surface area contributed by atoms with Gasteiger partial charge in [0.05, 0.1) is 11.8 Å². The number of nitrogens with zero attached hydrogens (tertiary/aromatic N) is 2. The molecule has 1 saturated carbocycles. The zero-order valence-electron chi connectivity index (χ0n) is 12.8. The van der Waals surface area contributed by atoms with E-state index in [1.165, 1.54) is 25.5 Å². The van der Waals surface area contributed by atoms with Crippen LogP contribution in [0.1, 0.15) is 69.1 Å². The Morgan fingerprint density at radius 3 is 2.57 bits per heavy atom. The van der Waals surface area contributed by atoms with Crippen LogP contribution in [-0.4, -0.2) is 30.6 Å². The first-order valence-corrected chi connectivity index (χ1v) is 9.72. The summed E-state index contributed by atoms with van der Waals surface area (Å²) in [4.78, 5) is 4.39. The Labute approximate surface area is 126 Å². The van der Waals surface area contributed by atoms with Crippen molar-refractivity contribution in [3.05, 3.63) is 11.7 Å². The fraction of sp³-hybridized carbons (Fsp3) is 0.857. The summed E-state index contributed by atoms with van der Waals surface area (Å²) in [6, 6.07) is -0.507. The van der Waals surface area contributed by atoms with Crippen LogP contribution < -0.4 is 5.73 Å². The predicted molar refractivity (Wildman–Crippen MR) is 80.5 cm³/mol. The van der Waals surface area contributed by atoms with Crippen LogP contribution in [0.4, 0.5) is 0 Å². The van der Waals surface area contributed by atoms with Crippen molar-refractivity contribution in [2.45, 2.75) is 57.4 Å². The Morgan fingerprint density at radius 2 is 2.00 bits per heavy atom. The number of nitrogens with two attached hydrogens (primary N) is 1. The van der Waals surface area contributed by atoms with Gasteiger partial charge in [-0.2, -0.15) is 4.98 Å². The molecule has 7 heteroatoms. The molecule has 0 amide bonds. The molecule has 0 bridgehead atoms. The summed E-state index contributed by atoms with van der Waals surface area (Å²) in [5, 5.41) is 4.04. The summed E-state index contributed by atoms with van der Waals surface area (Å²) in [5.74, 6) is 2.30. The second-order valence-corrected chi connectivity index (χ2v) is 8.40. The quantitative estimate of drug-likeness (QED) is 0.864. The van der Waals surface area contributed by atoms with Gasteiger partial charge in [-0.05, 0) is 38.0 Å². The first kappa shape index (κ1) is 16.4. The van der Waals surface area contributed by atoms with E-state index in [9.17, 15) is 8.42 Å². The minimum absolute atomic E-state index is 0.0352. The standard InChI is InChI=1S/C14H25N3O3S/c1-3-10-4-6-11(7-5-10)13-16-14(20-17-13)12(15)8-9-21(2,18)19/h10-12H,3-9,15H2,1-2H3. The lowest BCUT2D eigenvalue weighted by atomic mass is 9.80. The van der Waals surface area contributed by atoms with E-state index in [-0.39, 0.29) is 5.75 Å². The maximum absolute atomic E-state index is 11.2. The Hall–Kier alpha value is -0.950. The van der Waals surface area contributed by atoms with Gasteiger partial charge < -0.3 is 10.3 Å². The summed E-state index contributed by atoms with van der Waals surface area (Å²) in [5.41, 5.74) is 5.93. The zero-order chi connectivity index (χ0) is 15.5. The van der Waals surface area contributed by atoms with Crippen molar-refractivity contribution in [1.29, 1.82) is 0 Å². The van der Waals surface area contributed by atoms with Crippen LogP contribution in [0.15, 0.2) is 4.52 Å². The third-order valence-corrected chi connectivity index (χ3v) is 5.34. The van der Waals surface area contributed by atoms with Gasteiger partial charge in [0.25, 0.3) is 0 Å². The topological polar surface area (TPSA) is 99.1 Å². The molecule has 2 N–H and O–H groups in total. The molecule has 0 radical (unpaired) electrons. The predicted octanol–water partition coefficient (Wildman–Crippen LogP) is 2.19. The zero-order valence-corrected chi connectivity index (χ0v) is 13.6.